The molecule has 8 heteroatoms. The van der Waals surface area contributed by atoms with Crippen molar-refractivity contribution in [3.63, 3.8) is 0 Å². The van der Waals surface area contributed by atoms with Gasteiger partial charge in [0.15, 0.2) is 4.80 Å². The number of rotatable bonds is 4. The van der Waals surface area contributed by atoms with Crippen LogP contribution in [0.15, 0.2) is 46.3 Å². The molecule has 0 fully saturated rings. The summed E-state index contributed by atoms with van der Waals surface area (Å²) in [4.78, 5) is 17.6. The number of hydrogen-bond donors (Lipinski definition) is 0. The summed E-state index contributed by atoms with van der Waals surface area (Å²) in [6.45, 7) is 4.32. The maximum Gasteiger partial charge on any atom is 0.279 e. The molecule has 29 heavy (non-hydrogen) atoms. The fourth-order valence-corrected chi connectivity index (χ4v) is 5.15. The van der Waals surface area contributed by atoms with Gasteiger partial charge in [-0.1, -0.05) is 23.3 Å². The summed E-state index contributed by atoms with van der Waals surface area (Å²) in [6, 6.07) is 9.87. The standard InChI is InChI=1S/C21H21N3O3S2/c1-6-11-24-19-15(3)12-14(2)13-18(19)28-21(24)22-20(25)16-7-9-17(10-8-16)29(26,27)23(4)5/h1,7-10,12-13H,11H2,2-5H3. The van der Waals surface area contributed by atoms with Crippen LogP contribution in [0, 0.1) is 26.2 Å². The Labute approximate surface area is 174 Å². The molecule has 0 aliphatic rings. The number of sulfonamides is 1. The molecule has 0 unspecified atom stereocenters. The SMILES string of the molecule is C#CCn1c(=NC(=O)c2ccc(S(=O)(=O)N(C)C)cc2)sc2cc(C)cc(C)c21. The molecule has 0 bridgehead atoms. The summed E-state index contributed by atoms with van der Waals surface area (Å²) < 4.78 is 28.3. The predicted octanol–water partition coefficient (Wildman–Crippen LogP) is 2.94. The zero-order chi connectivity index (χ0) is 21.3. The van der Waals surface area contributed by atoms with E-state index in [9.17, 15) is 13.2 Å². The van der Waals surface area contributed by atoms with E-state index in [1.54, 1.807) is 0 Å². The van der Waals surface area contributed by atoms with Crippen molar-refractivity contribution in [1.82, 2.24) is 8.87 Å². The Kier molecular flexibility index (Phi) is 5.75. The normalized spacial score (nSPS) is 12.5. The average Bonchev–Trinajstić information content (AvgIpc) is 2.99. The molecule has 1 aromatic heterocycles. The van der Waals surface area contributed by atoms with Crippen LogP contribution in [0.5, 0.6) is 0 Å². The summed E-state index contributed by atoms with van der Waals surface area (Å²) in [6.07, 6.45) is 5.53. The van der Waals surface area contributed by atoms with Crippen LogP contribution in [-0.2, 0) is 16.6 Å². The maximum atomic E-state index is 12.7. The zero-order valence-electron chi connectivity index (χ0n) is 16.6. The molecule has 1 heterocycles. The van der Waals surface area contributed by atoms with Crippen LogP contribution < -0.4 is 4.80 Å². The van der Waals surface area contributed by atoms with Gasteiger partial charge in [-0.15, -0.1) is 6.42 Å². The molecule has 0 atom stereocenters. The third-order valence-electron chi connectivity index (χ3n) is 4.44. The van der Waals surface area contributed by atoms with Gasteiger partial charge in [-0.05, 0) is 55.3 Å². The molecule has 0 saturated carbocycles. The number of aryl methyl sites for hydroxylation is 2. The zero-order valence-corrected chi connectivity index (χ0v) is 18.3. The number of aromatic nitrogens is 1. The van der Waals surface area contributed by atoms with Gasteiger partial charge in [0, 0.05) is 19.7 Å². The second kappa shape index (κ2) is 7.95. The minimum Gasteiger partial charge on any atom is -0.304 e. The number of hydrogen-bond acceptors (Lipinski definition) is 4. The number of benzene rings is 2. The van der Waals surface area contributed by atoms with E-state index < -0.39 is 15.9 Å². The number of nitrogens with zero attached hydrogens (tertiary/aromatic N) is 3. The van der Waals surface area contributed by atoms with Crippen LogP contribution in [0.3, 0.4) is 0 Å². The van der Waals surface area contributed by atoms with Crippen LogP contribution in [0.25, 0.3) is 10.2 Å². The molecule has 0 aliphatic heterocycles. The van der Waals surface area contributed by atoms with Gasteiger partial charge in [-0.25, -0.2) is 12.7 Å². The highest BCUT2D eigenvalue weighted by molar-refractivity contribution is 7.89. The van der Waals surface area contributed by atoms with Gasteiger partial charge in [-0.3, -0.25) is 4.79 Å². The highest BCUT2D eigenvalue weighted by atomic mass is 32.2. The molecule has 0 spiro atoms. The third kappa shape index (κ3) is 4.03. The van der Waals surface area contributed by atoms with Crippen LogP contribution >= 0.6 is 11.3 Å². The number of carbonyl (C=O) groups is 1. The lowest BCUT2D eigenvalue weighted by atomic mass is 10.1. The van der Waals surface area contributed by atoms with Crippen molar-refractivity contribution in [2.75, 3.05) is 14.1 Å². The van der Waals surface area contributed by atoms with Gasteiger partial charge in [0.25, 0.3) is 5.91 Å². The van der Waals surface area contributed by atoms with Crippen LogP contribution in [0.1, 0.15) is 21.5 Å². The van der Waals surface area contributed by atoms with Crippen molar-refractivity contribution in [1.29, 1.82) is 0 Å². The minimum absolute atomic E-state index is 0.120. The topological polar surface area (TPSA) is 71.7 Å². The van der Waals surface area contributed by atoms with Gasteiger partial charge in [0.2, 0.25) is 10.0 Å². The van der Waals surface area contributed by atoms with Crippen molar-refractivity contribution in [3.8, 4) is 12.3 Å². The largest absolute Gasteiger partial charge is 0.304 e. The summed E-state index contributed by atoms with van der Waals surface area (Å²) >= 11 is 1.40. The van der Waals surface area contributed by atoms with E-state index in [2.05, 4.69) is 17.0 Å². The predicted molar refractivity (Wildman–Crippen MR) is 115 cm³/mol. The number of amides is 1. The number of carbonyl (C=O) groups excluding carboxylic acids is 1. The molecule has 150 valence electrons. The van der Waals surface area contributed by atoms with Crippen molar-refractivity contribution in [3.05, 3.63) is 57.9 Å². The lowest BCUT2D eigenvalue weighted by Gasteiger charge is -2.11. The van der Waals surface area contributed by atoms with E-state index in [0.717, 1.165) is 25.6 Å². The Morgan fingerprint density at radius 2 is 1.86 bits per heavy atom. The van der Waals surface area contributed by atoms with Crippen molar-refractivity contribution in [2.45, 2.75) is 25.3 Å². The van der Waals surface area contributed by atoms with Crippen LogP contribution in [-0.4, -0.2) is 37.3 Å². The monoisotopic (exact) mass is 427 g/mol. The summed E-state index contributed by atoms with van der Waals surface area (Å²) in [7, 11) is -0.636. The maximum absolute atomic E-state index is 12.7. The number of terminal acetylenes is 1. The third-order valence-corrected chi connectivity index (χ3v) is 7.29. The first kappa shape index (κ1) is 21.0. The molecular formula is C21H21N3O3S2. The quantitative estimate of drug-likeness (QED) is 0.601. The summed E-state index contributed by atoms with van der Waals surface area (Å²) in [5, 5.41) is 0. The highest BCUT2D eigenvalue weighted by Gasteiger charge is 2.18. The number of fused-ring (bicyclic) bond motifs is 1. The molecule has 0 radical (unpaired) electrons. The highest BCUT2D eigenvalue weighted by Crippen LogP contribution is 2.23. The Morgan fingerprint density at radius 3 is 2.45 bits per heavy atom. The number of thiazole rings is 1. The fraction of sp³-hybridized carbons (Fsp3) is 0.238. The minimum atomic E-state index is -3.55. The van der Waals surface area contributed by atoms with Crippen LogP contribution in [0.2, 0.25) is 0 Å². The molecule has 0 N–H and O–H groups in total. The van der Waals surface area contributed by atoms with E-state index in [1.807, 2.05) is 24.5 Å². The van der Waals surface area contributed by atoms with Crippen molar-refractivity contribution >= 4 is 37.5 Å². The second-order valence-electron chi connectivity index (χ2n) is 6.83. The first-order chi connectivity index (χ1) is 13.6. The van der Waals surface area contributed by atoms with E-state index in [4.69, 9.17) is 6.42 Å². The van der Waals surface area contributed by atoms with Gasteiger partial charge in [0.05, 0.1) is 21.7 Å². The van der Waals surface area contributed by atoms with E-state index in [0.29, 0.717) is 16.9 Å². The molecule has 0 saturated heterocycles. The lowest BCUT2D eigenvalue weighted by molar-refractivity contribution is 0.0998. The Hall–Kier alpha value is -2.73. The Balaban J connectivity index is 2.08. The van der Waals surface area contributed by atoms with E-state index in [1.165, 1.54) is 49.7 Å². The molecule has 1 amide bonds. The smallest absolute Gasteiger partial charge is 0.279 e. The summed E-state index contributed by atoms with van der Waals surface area (Å²) in [5.41, 5.74) is 3.47. The molecule has 3 rings (SSSR count). The second-order valence-corrected chi connectivity index (χ2v) is 9.99. The average molecular weight is 428 g/mol. The van der Waals surface area contributed by atoms with Gasteiger partial charge in [-0.2, -0.15) is 4.99 Å². The molecular weight excluding hydrogens is 406 g/mol. The van der Waals surface area contributed by atoms with Gasteiger partial charge >= 0.3 is 0 Å². The molecule has 2 aromatic carbocycles. The van der Waals surface area contributed by atoms with Crippen LogP contribution in [0.4, 0.5) is 0 Å². The molecule has 0 aliphatic carbocycles. The Bertz CT molecular complexity index is 1310. The lowest BCUT2D eigenvalue weighted by Crippen LogP contribution is -2.22. The van der Waals surface area contributed by atoms with Crippen molar-refractivity contribution < 1.29 is 13.2 Å². The van der Waals surface area contributed by atoms with Gasteiger partial charge < -0.3 is 4.57 Å². The fourth-order valence-electron chi connectivity index (χ4n) is 3.05. The Morgan fingerprint density at radius 1 is 1.21 bits per heavy atom. The molecule has 3 aromatic rings. The van der Waals surface area contributed by atoms with Crippen molar-refractivity contribution in [2.24, 2.45) is 4.99 Å². The molecule has 6 nitrogen and oxygen atoms in total. The first-order valence-electron chi connectivity index (χ1n) is 8.81. The van der Waals surface area contributed by atoms with E-state index in [-0.39, 0.29) is 4.90 Å². The van der Waals surface area contributed by atoms with Gasteiger partial charge in [0.1, 0.15) is 0 Å². The summed E-state index contributed by atoms with van der Waals surface area (Å²) in [5.74, 6) is 2.17. The first-order valence-corrected chi connectivity index (χ1v) is 11.1. The van der Waals surface area contributed by atoms with E-state index >= 15 is 0 Å².